The average Bonchev–Trinajstić information content (AvgIpc) is 1.50. The van der Waals surface area contributed by atoms with Crippen molar-refractivity contribution in [3.8, 4) is 0 Å². The number of rotatable bonds is 0. The molecule has 38 valence electrons. The van der Waals surface area contributed by atoms with Crippen molar-refractivity contribution < 1.29 is 6.54 Å². The van der Waals surface area contributed by atoms with Crippen molar-refractivity contribution in [1.82, 2.24) is 0 Å². The van der Waals surface area contributed by atoms with Crippen LogP contribution in [0.15, 0.2) is 0 Å². The van der Waals surface area contributed by atoms with Gasteiger partial charge in [-0.25, -0.2) is 0 Å². The summed E-state index contributed by atoms with van der Waals surface area (Å²) in [6.45, 7) is 0. The number of hydrogen-bond acceptors (Lipinski definition) is 2. The first-order valence-corrected chi connectivity index (χ1v) is 1.64. The standard InChI is InChI=1S/CH4O.2CH4.2Ca.O/c1-2;;;;;/h2H,1H3;2*1H4;;;/q;;;;+2;. The minimum atomic E-state index is 0. The normalized spacial score (nSPS) is 1.71. The summed E-state index contributed by atoms with van der Waals surface area (Å²) in [6, 6.07) is 0. The zero-order valence-corrected chi connectivity index (χ0v) is 7.69. The van der Waals surface area contributed by atoms with Gasteiger partial charge < -0.3 is 5.11 Å². The topological polar surface area (TPSA) is 37.3 Å². The second-order valence-corrected chi connectivity index (χ2v) is 0. The Kier molecular flexibility index (Phi) is 419. The number of aliphatic hydroxyl groups is 1. The summed E-state index contributed by atoms with van der Waals surface area (Å²) >= 11 is 0.125. The molecule has 0 spiro atoms. The second kappa shape index (κ2) is 84.4. The number of aliphatic hydroxyl groups excluding tert-OH is 1. The molecule has 0 aliphatic carbocycles. The molecule has 0 aromatic heterocycles. The fourth-order valence-corrected chi connectivity index (χ4v) is 0. The summed E-state index contributed by atoms with van der Waals surface area (Å²) in [5.41, 5.74) is 0. The van der Waals surface area contributed by atoms with Gasteiger partial charge in [0.15, 0.2) is 0 Å². The Morgan fingerprint density at radius 1 is 1.14 bits per heavy atom. The third kappa shape index (κ3) is 62.8. The van der Waals surface area contributed by atoms with E-state index in [1.807, 2.05) is 0 Å². The van der Waals surface area contributed by atoms with Crippen molar-refractivity contribution in [3.63, 3.8) is 0 Å². The van der Waals surface area contributed by atoms with E-state index < -0.39 is 0 Å². The zero-order chi connectivity index (χ0) is 4.00. The van der Waals surface area contributed by atoms with Crippen LogP contribution in [-0.4, -0.2) is 85.8 Å². The van der Waals surface area contributed by atoms with Gasteiger partial charge in [-0.2, -0.15) is 0 Å². The monoisotopic (exact) mass is 160 g/mol. The molecule has 0 fully saturated rings. The molecule has 7 heavy (non-hydrogen) atoms. The van der Waals surface area contributed by atoms with Gasteiger partial charge in [-0.1, -0.05) is 14.9 Å². The molecule has 0 saturated heterocycles. The van der Waals surface area contributed by atoms with Crippen LogP contribution in [0.3, 0.4) is 0 Å². The molecular formula is C3H12Ca2O2+2. The van der Waals surface area contributed by atoms with Crippen LogP contribution in [0.5, 0.6) is 0 Å². The minimum absolute atomic E-state index is 0. The van der Waals surface area contributed by atoms with Crippen molar-refractivity contribution in [3.05, 3.63) is 0 Å². The molecule has 0 aromatic carbocycles. The van der Waals surface area contributed by atoms with E-state index in [1.54, 1.807) is 0 Å². The van der Waals surface area contributed by atoms with E-state index in [1.165, 1.54) is 0 Å². The first-order chi connectivity index (χ1) is 2.00. The molecule has 0 radical (unpaired) electrons. The van der Waals surface area contributed by atoms with E-state index in [9.17, 15) is 0 Å². The van der Waals surface area contributed by atoms with Crippen LogP contribution < -0.4 is 0 Å². The van der Waals surface area contributed by atoms with Gasteiger partial charge in [0.1, 0.15) is 0 Å². The maximum absolute atomic E-state index is 8.38. The second-order valence-electron chi connectivity index (χ2n) is 0. The number of hydrogen-bond donors (Lipinski definition) is 1. The van der Waals surface area contributed by atoms with Crippen LogP contribution >= 0.6 is 0 Å². The molecule has 4 heteroatoms. The van der Waals surface area contributed by atoms with Crippen LogP contribution in [0.25, 0.3) is 0 Å². The van der Waals surface area contributed by atoms with E-state index in [0.717, 1.165) is 7.11 Å². The molecule has 0 heterocycles. The Morgan fingerprint density at radius 2 is 1.14 bits per heavy atom. The predicted molar refractivity (Wildman–Crippen MR) is 33.8 cm³/mol. The molecule has 0 bridgehead atoms. The third-order valence-corrected chi connectivity index (χ3v) is 0. The summed E-state index contributed by atoms with van der Waals surface area (Å²) in [4.78, 5) is 0. The van der Waals surface area contributed by atoms with E-state index in [-0.39, 0.29) is 88.5 Å². The molecule has 0 aliphatic rings. The first kappa shape index (κ1) is 34.7. The first-order valence-electron chi connectivity index (χ1n) is 0.736. The average molecular weight is 160 g/mol. The van der Waals surface area contributed by atoms with Crippen LogP contribution in [-0.2, 0) is 1.43 Å². The summed E-state index contributed by atoms with van der Waals surface area (Å²) in [5.74, 6) is 0. The van der Waals surface area contributed by atoms with Gasteiger partial charge in [0.05, 0.1) is 0 Å². The molecule has 0 aliphatic heterocycles. The molecule has 1 N–H and O–H groups in total. The molecule has 0 amide bonds. The molecule has 0 unspecified atom stereocenters. The Hall–Kier alpha value is 2.28. The van der Waals surface area contributed by atoms with Gasteiger partial charge in [0.2, 0.25) is 0 Å². The molecule has 0 rings (SSSR count). The van der Waals surface area contributed by atoms with Gasteiger partial charge in [-0.15, -0.1) is 0 Å². The quantitative estimate of drug-likeness (QED) is 0.506. The van der Waals surface area contributed by atoms with E-state index in [2.05, 4.69) is 0 Å². The Labute approximate surface area is 100 Å². The molecule has 0 atom stereocenters. The summed E-state index contributed by atoms with van der Waals surface area (Å²) in [7, 11) is 1.00. The van der Waals surface area contributed by atoms with Crippen LogP contribution in [0.2, 0.25) is 0 Å². The van der Waals surface area contributed by atoms with Crippen molar-refractivity contribution >= 4 is 73.6 Å². The zero-order valence-electron chi connectivity index (χ0n) is 3.27. The van der Waals surface area contributed by atoms with Crippen LogP contribution in [0, 0.1) is 0 Å². The summed E-state index contributed by atoms with van der Waals surface area (Å²) < 4.78 is 8.38. The fourth-order valence-electron chi connectivity index (χ4n) is 0. The van der Waals surface area contributed by atoms with Gasteiger partial charge in [0, 0.05) is 7.11 Å². The molecule has 0 saturated carbocycles. The van der Waals surface area contributed by atoms with Crippen molar-refractivity contribution in [1.29, 1.82) is 0 Å². The SMILES string of the molecule is C.C.CO.[Ca+2].[O]=[Ca]. The third-order valence-electron chi connectivity index (χ3n) is 0. The Morgan fingerprint density at radius 3 is 1.14 bits per heavy atom. The van der Waals surface area contributed by atoms with Crippen molar-refractivity contribution in [2.75, 3.05) is 7.11 Å². The van der Waals surface area contributed by atoms with Gasteiger partial charge in [-0.3, -0.25) is 0 Å². The van der Waals surface area contributed by atoms with E-state index >= 15 is 0 Å². The Bertz CT molecular complexity index is 10.9. The summed E-state index contributed by atoms with van der Waals surface area (Å²) in [6.07, 6.45) is 0. The van der Waals surface area contributed by atoms with Crippen molar-refractivity contribution in [2.24, 2.45) is 0 Å². The Balaban J connectivity index is -0.00000000267. The maximum atomic E-state index is 8.38. The van der Waals surface area contributed by atoms with Crippen LogP contribution in [0.4, 0.5) is 0 Å². The van der Waals surface area contributed by atoms with Gasteiger partial charge in [-0.05, 0) is 0 Å². The summed E-state index contributed by atoms with van der Waals surface area (Å²) in [5, 5.41) is 7.00. The van der Waals surface area contributed by atoms with Crippen LogP contribution in [0.1, 0.15) is 14.9 Å². The molecular weight excluding hydrogens is 148 g/mol. The predicted octanol–water partition coefficient (Wildman–Crippen LogP) is 0.000300. The van der Waals surface area contributed by atoms with E-state index in [4.69, 9.17) is 6.54 Å². The van der Waals surface area contributed by atoms with E-state index in [0.29, 0.717) is 0 Å². The molecule has 2 nitrogen and oxygen atoms in total. The molecule has 0 aromatic rings. The fraction of sp³-hybridized carbons (Fsp3) is 1.00. The van der Waals surface area contributed by atoms with Gasteiger partial charge in [0.25, 0.3) is 0 Å². The van der Waals surface area contributed by atoms with Crippen molar-refractivity contribution in [2.45, 2.75) is 14.9 Å². The van der Waals surface area contributed by atoms with Gasteiger partial charge >= 0.3 is 75.1 Å².